The van der Waals surface area contributed by atoms with Gasteiger partial charge in [-0.15, -0.1) is 0 Å². The number of aliphatic carboxylic acids is 2. The first-order valence-corrected chi connectivity index (χ1v) is 7.42. The van der Waals surface area contributed by atoms with Crippen molar-refractivity contribution in [2.75, 3.05) is 13.2 Å². The number of carboxylic acid groups (broad SMARTS) is 2. The maximum atomic E-state index is 11.7. The van der Waals surface area contributed by atoms with Crippen LogP contribution in [0.1, 0.15) is 25.7 Å². The Morgan fingerprint density at radius 3 is 1.38 bits per heavy atom. The van der Waals surface area contributed by atoms with Crippen LogP contribution >= 0.6 is 0 Å². The number of epoxide rings is 2. The van der Waals surface area contributed by atoms with Crippen molar-refractivity contribution in [3.8, 4) is 0 Å². The summed E-state index contributed by atoms with van der Waals surface area (Å²) in [6.45, 7) is 0.625. The summed E-state index contributed by atoms with van der Waals surface area (Å²) in [6.07, 6.45) is -4.12. The highest BCUT2D eigenvalue weighted by molar-refractivity contribution is 5.77. The summed E-state index contributed by atoms with van der Waals surface area (Å²) in [5.74, 6) is -3.75. The van der Waals surface area contributed by atoms with Crippen LogP contribution in [0.2, 0.25) is 0 Å². The van der Waals surface area contributed by atoms with E-state index >= 15 is 0 Å². The maximum absolute atomic E-state index is 11.7. The number of carbonyl (C=O) groups is 4. The number of ether oxygens (including phenoxy) is 4. The summed E-state index contributed by atoms with van der Waals surface area (Å²) in [5, 5.41) is 17.2. The SMILES string of the molecule is O=C(O)CCC(=O)O[C@H]([C@H](OC(=O)CCC(=O)O)[C@@H]1CO1)[C@@H]1CO1. The van der Waals surface area contributed by atoms with Crippen LogP contribution in [0.4, 0.5) is 0 Å². The van der Waals surface area contributed by atoms with Gasteiger partial charge >= 0.3 is 23.9 Å². The molecule has 10 nitrogen and oxygen atoms in total. The number of carbonyl (C=O) groups excluding carboxylic acids is 2. The predicted octanol–water partition coefficient (Wildman–Crippen LogP) is -0.663. The monoisotopic (exact) mass is 346 g/mol. The fourth-order valence-electron chi connectivity index (χ4n) is 2.04. The number of esters is 2. The molecule has 0 aromatic heterocycles. The van der Waals surface area contributed by atoms with Gasteiger partial charge < -0.3 is 29.2 Å². The van der Waals surface area contributed by atoms with E-state index in [9.17, 15) is 19.2 Å². The van der Waals surface area contributed by atoms with Crippen LogP contribution < -0.4 is 0 Å². The van der Waals surface area contributed by atoms with Crippen molar-refractivity contribution in [2.24, 2.45) is 0 Å². The van der Waals surface area contributed by atoms with Gasteiger partial charge in [-0.25, -0.2) is 0 Å². The summed E-state index contributed by atoms with van der Waals surface area (Å²) in [5.41, 5.74) is 0. The Balaban J connectivity index is 1.92. The Hall–Kier alpha value is -2.20. The van der Waals surface area contributed by atoms with E-state index in [2.05, 4.69) is 0 Å². The quantitative estimate of drug-likeness (QED) is 0.364. The van der Waals surface area contributed by atoms with Gasteiger partial charge in [-0.2, -0.15) is 0 Å². The molecule has 2 N–H and O–H groups in total. The van der Waals surface area contributed by atoms with Gasteiger partial charge in [0.2, 0.25) is 0 Å². The maximum Gasteiger partial charge on any atom is 0.306 e. The minimum atomic E-state index is -1.13. The first-order valence-electron chi connectivity index (χ1n) is 7.42. The van der Waals surface area contributed by atoms with Crippen molar-refractivity contribution in [1.82, 2.24) is 0 Å². The Labute approximate surface area is 136 Å². The lowest BCUT2D eigenvalue weighted by Crippen LogP contribution is -2.43. The fraction of sp³-hybridized carbons (Fsp3) is 0.714. The van der Waals surface area contributed by atoms with Gasteiger partial charge in [0.25, 0.3) is 0 Å². The molecule has 2 aliphatic rings. The molecule has 0 aromatic carbocycles. The van der Waals surface area contributed by atoms with E-state index < -0.39 is 48.3 Å². The van der Waals surface area contributed by atoms with Crippen LogP contribution in [0.3, 0.4) is 0 Å². The Bertz CT molecular complexity index is 462. The Morgan fingerprint density at radius 2 is 1.12 bits per heavy atom. The summed E-state index contributed by atoms with van der Waals surface area (Å²) >= 11 is 0. The molecular formula is C14H18O10. The third kappa shape index (κ3) is 6.13. The van der Waals surface area contributed by atoms with Crippen LogP contribution in [-0.2, 0) is 38.1 Å². The molecule has 0 aromatic rings. The standard InChI is InChI=1S/C14H18O10/c15-9(16)1-3-11(19)23-13(7-5-21-7)14(8-6-22-8)24-12(20)4-2-10(17)18/h7-8,13-14H,1-6H2,(H,15,16)(H,17,18)/t7-,8-,13-,14+/m0/s1. The molecule has 0 bridgehead atoms. The number of rotatable bonds is 11. The molecule has 2 fully saturated rings. The first kappa shape index (κ1) is 18.1. The number of hydrogen-bond acceptors (Lipinski definition) is 8. The molecule has 0 aliphatic carbocycles. The van der Waals surface area contributed by atoms with Crippen molar-refractivity contribution in [2.45, 2.75) is 50.1 Å². The average molecular weight is 346 g/mol. The van der Waals surface area contributed by atoms with E-state index in [-0.39, 0.29) is 25.7 Å². The topological polar surface area (TPSA) is 152 Å². The molecule has 24 heavy (non-hydrogen) atoms. The van der Waals surface area contributed by atoms with Crippen molar-refractivity contribution in [1.29, 1.82) is 0 Å². The van der Waals surface area contributed by atoms with Gasteiger partial charge in [-0.1, -0.05) is 0 Å². The van der Waals surface area contributed by atoms with Gasteiger partial charge in [-0.05, 0) is 0 Å². The third-order valence-electron chi connectivity index (χ3n) is 3.40. The largest absolute Gasteiger partial charge is 0.481 e. The Kier molecular flexibility index (Phi) is 6.10. The lowest BCUT2D eigenvalue weighted by molar-refractivity contribution is -0.172. The molecule has 0 unspecified atom stereocenters. The second-order valence-corrected chi connectivity index (χ2v) is 5.44. The van der Waals surface area contributed by atoms with E-state index in [0.29, 0.717) is 13.2 Å². The first-order chi connectivity index (χ1) is 11.4. The van der Waals surface area contributed by atoms with Gasteiger partial charge in [0.15, 0.2) is 12.2 Å². The second-order valence-electron chi connectivity index (χ2n) is 5.44. The molecule has 0 spiro atoms. The van der Waals surface area contributed by atoms with Crippen LogP contribution in [0.25, 0.3) is 0 Å². The number of carboxylic acids is 2. The van der Waals surface area contributed by atoms with E-state index in [4.69, 9.17) is 29.2 Å². The minimum absolute atomic E-state index is 0.312. The normalized spacial score (nSPS) is 23.7. The van der Waals surface area contributed by atoms with E-state index in [1.165, 1.54) is 0 Å². The van der Waals surface area contributed by atoms with Crippen molar-refractivity contribution in [3.05, 3.63) is 0 Å². The van der Waals surface area contributed by atoms with Crippen LogP contribution in [0.15, 0.2) is 0 Å². The van der Waals surface area contributed by atoms with Gasteiger partial charge in [-0.3, -0.25) is 19.2 Å². The summed E-state index contributed by atoms with van der Waals surface area (Å²) in [7, 11) is 0. The van der Waals surface area contributed by atoms with Gasteiger partial charge in [0.05, 0.1) is 38.9 Å². The highest BCUT2D eigenvalue weighted by atomic mass is 16.7. The van der Waals surface area contributed by atoms with Crippen LogP contribution in [-0.4, -0.2) is 71.7 Å². The van der Waals surface area contributed by atoms with E-state index in [1.807, 2.05) is 0 Å². The van der Waals surface area contributed by atoms with Crippen LogP contribution in [0.5, 0.6) is 0 Å². The average Bonchev–Trinajstić information content (AvgIpc) is 3.37. The summed E-state index contributed by atoms with van der Waals surface area (Å²) in [6, 6.07) is 0. The molecule has 2 rings (SSSR count). The van der Waals surface area contributed by atoms with Crippen molar-refractivity contribution in [3.63, 3.8) is 0 Å². The molecule has 4 atom stereocenters. The molecular weight excluding hydrogens is 328 g/mol. The van der Waals surface area contributed by atoms with E-state index in [0.717, 1.165) is 0 Å². The van der Waals surface area contributed by atoms with Crippen molar-refractivity contribution < 1.29 is 48.3 Å². The van der Waals surface area contributed by atoms with E-state index in [1.54, 1.807) is 0 Å². The summed E-state index contributed by atoms with van der Waals surface area (Å²) in [4.78, 5) is 44.5. The Morgan fingerprint density at radius 1 is 0.792 bits per heavy atom. The molecule has 2 aliphatic heterocycles. The molecule has 134 valence electrons. The molecule has 0 amide bonds. The zero-order chi connectivity index (χ0) is 17.7. The van der Waals surface area contributed by atoms with Gasteiger partial charge in [0, 0.05) is 0 Å². The number of hydrogen-bond donors (Lipinski definition) is 2. The lowest BCUT2D eigenvalue weighted by atomic mass is 10.1. The van der Waals surface area contributed by atoms with Crippen LogP contribution in [0, 0.1) is 0 Å². The van der Waals surface area contributed by atoms with Gasteiger partial charge in [0.1, 0.15) is 12.2 Å². The zero-order valence-electron chi connectivity index (χ0n) is 12.7. The fourth-order valence-corrected chi connectivity index (χ4v) is 2.04. The third-order valence-corrected chi connectivity index (χ3v) is 3.40. The lowest BCUT2D eigenvalue weighted by Gasteiger charge is -2.24. The summed E-state index contributed by atoms with van der Waals surface area (Å²) < 4.78 is 20.6. The molecule has 10 heteroatoms. The van der Waals surface area contributed by atoms with Crippen molar-refractivity contribution >= 4 is 23.9 Å². The molecule has 2 saturated heterocycles. The minimum Gasteiger partial charge on any atom is -0.481 e. The second kappa shape index (κ2) is 8.06. The zero-order valence-corrected chi connectivity index (χ0v) is 12.7. The highest BCUT2D eigenvalue weighted by Crippen LogP contribution is 2.30. The smallest absolute Gasteiger partial charge is 0.306 e. The molecule has 0 radical (unpaired) electrons. The molecule has 0 saturated carbocycles. The molecule has 2 heterocycles. The highest BCUT2D eigenvalue weighted by Gasteiger charge is 2.50. The predicted molar refractivity (Wildman–Crippen MR) is 73.0 cm³/mol.